The summed E-state index contributed by atoms with van der Waals surface area (Å²) in [6.45, 7) is 1.45. The molecule has 0 aliphatic carbocycles. The molecule has 20 heavy (non-hydrogen) atoms. The van der Waals surface area contributed by atoms with E-state index in [-0.39, 0.29) is 0 Å². The SMILES string of the molecule is COCCCN(C)c1nc(NN)nc(-n2cccn2)n1. The van der Waals surface area contributed by atoms with Crippen molar-refractivity contribution >= 4 is 11.9 Å². The molecule has 2 aromatic heterocycles. The first-order chi connectivity index (χ1) is 9.74. The van der Waals surface area contributed by atoms with Gasteiger partial charge >= 0.3 is 0 Å². The molecule has 0 amide bonds. The summed E-state index contributed by atoms with van der Waals surface area (Å²) in [5.41, 5.74) is 2.44. The van der Waals surface area contributed by atoms with Crippen LogP contribution >= 0.6 is 0 Å². The Hall–Kier alpha value is -2.26. The number of ether oxygens (including phenoxy) is 1. The highest BCUT2D eigenvalue weighted by atomic mass is 16.5. The molecule has 0 atom stereocenters. The molecular formula is C11H18N8O. The number of hydrogen-bond acceptors (Lipinski definition) is 8. The summed E-state index contributed by atoms with van der Waals surface area (Å²) in [5.74, 6) is 6.61. The van der Waals surface area contributed by atoms with Crippen LogP contribution < -0.4 is 16.2 Å². The molecule has 2 aromatic rings. The summed E-state index contributed by atoms with van der Waals surface area (Å²) < 4.78 is 6.58. The molecule has 108 valence electrons. The number of nitrogen functional groups attached to an aromatic ring is 1. The Morgan fingerprint density at radius 3 is 2.90 bits per heavy atom. The average Bonchev–Trinajstić information content (AvgIpc) is 3.01. The number of hydrogen-bond donors (Lipinski definition) is 2. The Kier molecular flexibility index (Phi) is 4.80. The minimum Gasteiger partial charge on any atom is -0.385 e. The second-order valence-corrected chi connectivity index (χ2v) is 4.12. The van der Waals surface area contributed by atoms with Crippen molar-refractivity contribution in [3.63, 3.8) is 0 Å². The fraction of sp³-hybridized carbons (Fsp3) is 0.455. The fourth-order valence-electron chi connectivity index (χ4n) is 1.62. The van der Waals surface area contributed by atoms with E-state index in [0.717, 1.165) is 13.0 Å². The molecule has 0 aromatic carbocycles. The molecule has 0 saturated heterocycles. The molecule has 0 fully saturated rings. The van der Waals surface area contributed by atoms with Crippen molar-refractivity contribution in [2.45, 2.75) is 6.42 Å². The third-order valence-corrected chi connectivity index (χ3v) is 2.63. The van der Waals surface area contributed by atoms with Gasteiger partial charge < -0.3 is 9.64 Å². The maximum atomic E-state index is 5.39. The summed E-state index contributed by atoms with van der Waals surface area (Å²) in [4.78, 5) is 14.7. The Morgan fingerprint density at radius 2 is 2.25 bits per heavy atom. The zero-order valence-electron chi connectivity index (χ0n) is 11.5. The van der Waals surface area contributed by atoms with Crippen molar-refractivity contribution in [2.24, 2.45) is 5.84 Å². The van der Waals surface area contributed by atoms with E-state index in [4.69, 9.17) is 10.6 Å². The minimum absolute atomic E-state index is 0.291. The van der Waals surface area contributed by atoms with Gasteiger partial charge in [-0.25, -0.2) is 10.5 Å². The number of nitrogens with zero attached hydrogens (tertiary/aromatic N) is 6. The zero-order valence-corrected chi connectivity index (χ0v) is 11.5. The van der Waals surface area contributed by atoms with Crippen LogP contribution in [0, 0.1) is 0 Å². The summed E-state index contributed by atoms with van der Waals surface area (Å²) in [5, 5.41) is 4.09. The molecule has 0 radical (unpaired) electrons. The summed E-state index contributed by atoms with van der Waals surface area (Å²) in [7, 11) is 3.58. The first kappa shape index (κ1) is 14.2. The van der Waals surface area contributed by atoms with E-state index in [0.29, 0.717) is 24.5 Å². The van der Waals surface area contributed by atoms with Gasteiger partial charge in [0, 0.05) is 39.7 Å². The van der Waals surface area contributed by atoms with Crippen LogP contribution in [0.15, 0.2) is 18.5 Å². The Bertz CT molecular complexity index is 529. The highest BCUT2D eigenvalue weighted by Gasteiger charge is 2.11. The molecule has 0 unspecified atom stereocenters. The molecule has 2 rings (SSSR count). The van der Waals surface area contributed by atoms with Gasteiger partial charge in [-0.3, -0.25) is 5.43 Å². The van der Waals surface area contributed by atoms with Crippen LogP contribution in [0.5, 0.6) is 0 Å². The zero-order chi connectivity index (χ0) is 14.4. The first-order valence-corrected chi connectivity index (χ1v) is 6.17. The lowest BCUT2D eigenvalue weighted by atomic mass is 10.4. The van der Waals surface area contributed by atoms with E-state index in [9.17, 15) is 0 Å². The Labute approximate surface area is 116 Å². The Balaban J connectivity index is 2.22. The largest absolute Gasteiger partial charge is 0.385 e. The third kappa shape index (κ3) is 3.39. The number of nitrogens with one attached hydrogen (secondary N) is 1. The fourth-order valence-corrected chi connectivity index (χ4v) is 1.62. The first-order valence-electron chi connectivity index (χ1n) is 6.17. The number of rotatable bonds is 7. The third-order valence-electron chi connectivity index (χ3n) is 2.63. The second-order valence-electron chi connectivity index (χ2n) is 4.12. The molecule has 9 nitrogen and oxygen atoms in total. The van der Waals surface area contributed by atoms with Crippen molar-refractivity contribution in [2.75, 3.05) is 37.6 Å². The molecule has 0 saturated carbocycles. The van der Waals surface area contributed by atoms with Crippen LogP contribution in [-0.2, 0) is 4.74 Å². The molecule has 0 aliphatic rings. The van der Waals surface area contributed by atoms with Crippen molar-refractivity contribution in [3.05, 3.63) is 18.5 Å². The number of methoxy groups -OCH3 is 1. The topological polar surface area (TPSA) is 107 Å². The van der Waals surface area contributed by atoms with Gasteiger partial charge in [-0.05, 0) is 12.5 Å². The van der Waals surface area contributed by atoms with Crippen LogP contribution in [0.2, 0.25) is 0 Å². The van der Waals surface area contributed by atoms with Gasteiger partial charge in [0.25, 0.3) is 5.95 Å². The van der Waals surface area contributed by atoms with E-state index >= 15 is 0 Å². The lowest BCUT2D eigenvalue weighted by Crippen LogP contribution is -2.24. The average molecular weight is 278 g/mol. The highest BCUT2D eigenvalue weighted by Crippen LogP contribution is 2.11. The van der Waals surface area contributed by atoms with E-state index in [1.165, 1.54) is 0 Å². The van der Waals surface area contributed by atoms with Gasteiger partial charge in [0.05, 0.1) is 0 Å². The maximum Gasteiger partial charge on any atom is 0.257 e. The van der Waals surface area contributed by atoms with Crippen molar-refractivity contribution < 1.29 is 4.74 Å². The van der Waals surface area contributed by atoms with Crippen LogP contribution in [0.1, 0.15) is 6.42 Å². The van der Waals surface area contributed by atoms with Gasteiger partial charge in [-0.15, -0.1) is 0 Å². The Morgan fingerprint density at radius 1 is 1.40 bits per heavy atom. The molecule has 0 bridgehead atoms. The molecule has 0 aliphatic heterocycles. The molecule has 9 heteroatoms. The van der Waals surface area contributed by atoms with Crippen LogP contribution in [0.4, 0.5) is 11.9 Å². The van der Waals surface area contributed by atoms with Gasteiger partial charge in [0.15, 0.2) is 0 Å². The molecule has 3 N–H and O–H groups in total. The van der Waals surface area contributed by atoms with Crippen molar-refractivity contribution in [3.8, 4) is 5.95 Å². The smallest absolute Gasteiger partial charge is 0.257 e. The number of hydrazine groups is 1. The highest BCUT2D eigenvalue weighted by molar-refractivity contribution is 5.38. The van der Waals surface area contributed by atoms with Gasteiger partial charge in [0.1, 0.15) is 0 Å². The lowest BCUT2D eigenvalue weighted by molar-refractivity contribution is 0.196. The quantitative estimate of drug-likeness (QED) is 0.408. The second kappa shape index (κ2) is 6.78. The van der Waals surface area contributed by atoms with E-state index in [2.05, 4.69) is 25.5 Å². The van der Waals surface area contributed by atoms with Gasteiger partial charge in [-0.2, -0.15) is 20.1 Å². The van der Waals surface area contributed by atoms with Gasteiger partial charge in [0.2, 0.25) is 11.9 Å². The minimum atomic E-state index is 0.291. The summed E-state index contributed by atoms with van der Waals surface area (Å²) >= 11 is 0. The molecular weight excluding hydrogens is 260 g/mol. The monoisotopic (exact) mass is 278 g/mol. The van der Waals surface area contributed by atoms with E-state index < -0.39 is 0 Å². The van der Waals surface area contributed by atoms with Crippen LogP contribution in [0.3, 0.4) is 0 Å². The van der Waals surface area contributed by atoms with Crippen LogP contribution in [-0.4, -0.2) is 52.0 Å². The predicted molar refractivity (Wildman–Crippen MR) is 74.5 cm³/mol. The predicted octanol–water partition coefficient (Wildman–Crippen LogP) is -0.184. The van der Waals surface area contributed by atoms with Crippen molar-refractivity contribution in [1.82, 2.24) is 24.7 Å². The van der Waals surface area contributed by atoms with E-state index in [1.54, 1.807) is 30.3 Å². The maximum absolute atomic E-state index is 5.39. The standard InChI is InChI=1S/C11H18N8O/c1-18(6-4-8-20-2)10-14-9(17-12)15-11(16-10)19-7-3-5-13-19/h3,5,7H,4,6,8,12H2,1-2H3,(H,14,15,16,17). The normalized spacial score (nSPS) is 10.6. The van der Waals surface area contributed by atoms with Crippen molar-refractivity contribution in [1.29, 1.82) is 0 Å². The van der Waals surface area contributed by atoms with E-state index in [1.807, 2.05) is 11.9 Å². The van der Waals surface area contributed by atoms with Gasteiger partial charge in [-0.1, -0.05) is 0 Å². The van der Waals surface area contributed by atoms with Crippen LogP contribution in [0.25, 0.3) is 5.95 Å². The molecule has 2 heterocycles. The number of nitrogens with two attached hydrogens (primary N) is 1. The summed E-state index contributed by atoms with van der Waals surface area (Å²) in [6.07, 6.45) is 4.28. The lowest BCUT2D eigenvalue weighted by Gasteiger charge is -2.17. The number of aromatic nitrogens is 5. The number of anilines is 2. The molecule has 0 spiro atoms. The summed E-state index contributed by atoms with van der Waals surface area (Å²) in [6, 6.07) is 1.79.